The van der Waals surface area contributed by atoms with Crippen molar-refractivity contribution >= 4 is 12.0 Å². The highest BCUT2D eigenvalue weighted by Gasteiger charge is 2.37. The van der Waals surface area contributed by atoms with Crippen LogP contribution in [0.1, 0.15) is 62.3 Å². The van der Waals surface area contributed by atoms with Gasteiger partial charge in [0, 0.05) is 6.54 Å². The summed E-state index contributed by atoms with van der Waals surface area (Å²) in [6, 6.07) is 17.5. The molecule has 2 aromatic carbocycles. The molecule has 6 heteroatoms. The number of hydrogen-bond acceptors (Lipinski definition) is 4. The molecule has 2 N–H and O–H groups in total. The van der Waals surface area contributed by atoms with E-state index in [0.29, 0.717) is 13.0 Å². The van der Waals surface area contributed by atoms with Gasteiger partial charge in [0.25, 0.3) is 0 Å². The second-order valence-corrected chi connectivity index (χ2v) is 10.1. The second-order valence-electron chi connectivity index (χ2n) is 10.1. The van der Waals surface area contributed by atoms with Gasteiger partial charge < -0.3 is 20.3 Å². The van der Waals surface area contributed by atoms with Gasteiger partial charge in [-0.25, -0.2) is 4.79 Å². The van der Waals surface area contributed by atoms with Gasteiger partial charge in [-0.2, -0.15) is 0 Å². The minimum atomic E-state index is -0.588. The van der Waals surface area contributed by atoms with Gasteiger partial charge in [0.2, 0.25) is 5.91 Å². The van der Waals surface area contributed by atoms with Crippen LogP contribution < -0.4 is 10.6 Å². The molecule has 1 fully saturated rings. The van der Waals surface area contributed by atoms with E-state index in [1.165, 1.54) is 12.8 Å². The van der Waals surface area contributed by atoms with Gasteiger partial charge in [0.05, 0.1) is 18.0 Å². The Morgan fingerprint density at radius 2 is 1.67 bits per heavy atom. The first-order valence-corrected chi connectivity index (χ1v) is 11.9. The molecule has 1 aliphatic carbocycles. The van der Waals surface area contributed by atoms with E-state index in [1.807, 2.05) is 69.3 Å². The zero-order chi connectivity index (χ0) is 23.4. The summed E-state index contributed by atoms with van der Waals surface area (Å²) in [5.41, 5.74) is 2.60. The maximum Gasteiger partial charge on any atom is 0.408 e. The number of alkyl carbamates (subject to hydrolysis) is 1. The molecule has 0 radical (unpaired) electrons. The standard InChI is InChI=1S/C27H35N3O3/c1-27(2,3)33-26(32)29-24-21-14-8-7-13-20(21)17-23(24)28-25(31)22(18-30-15-9-10-16-30)19-11-5-4-6-12-19/h4-8,11-14,22-24H,9-10,15-18H2,1-3H3,(H,28,31)(H,29,32)/t22?,23-,24?/m0/s1. The molecule has 6 nitrogen and oxygen atoms in total. The van der Waals surface area contributed by atoms with E-state index in [9.17, 15) is 9.59 Å². The summed E-state index contributed by atoms with van der Waals surface area (Å²) in [4.78, 5) is 28.6. The van der Waals surface area contributed by atoms with Gasteiger partial charge in [0.1, 0.15) is 5.60 Å². The fourth-order valence-corrected chi connectivity index (χ4v) is 4.87. The molecule has 0 bridgehead atoms. The van der Waals surface area contributed by atoms with Crippen molar-refractivity contribution in [3.63, 3.8) is 0 Å². The summed E-state index contributed by atoms with van der Waals surface area (Å²) in [7, 11) is 0. The highest BCUT2D eigenvalue weighted by Crippen LogP contribution is 2.32. The number of ether oxygens (including phenoxy) is 1. The molecule has 0 aromatic heterocycles. The van der Waals surface area contributed by atoms with Crippen LogP contribution in [0.15, 0.2) is 54.6 Å². The molecule has 2 aliphatic rings. The average molecular weight is 450 g/mol. The number of amides is 2. The molecule has 1 heterocycles. The Morgan fingerprint density at radius 3 is 2.36 bits per heavy atom. The van der Waals surface area contributed by atoms with E-state index < -0.39 is 11.7 Å². The van der Waals surface area contributed by atoms with Crippen molar-refractivity contribution in [1.29, 1.82) is 0 Å². The molecule has 0 spiro atoms. The molecular weight excluding hydrogens is 414 g/mol. The molecule has 33 heavy (non-hydrogen) atoms. The Labute approximate surface area is 196 Å². The third-order valence-electron chi connectivity index (χ3n) is 6.39. The fraction of sp³-hybridized carbons (Fsp3) is 0.481. The number of benzene rings is 2. The lowest BCUT2D eigenvalue weighted by Crippen LogP contribution is -2.48. The van der Waals surface area contributed by atoms with Crippen molar-refractivity contribution < 1.29 is 14.3 Å². The van der Waals surface area contributed by atoms with Crippen molar-refractivity contribution in [3.05, 3.63) is 71.3 Å². The zero-order valence-electron chi connectivity index (χ0n) is 19.8. The van der Waals surface area contributed by atoms with Crippen molar-refractivity contribution in [2.24, 2.45) is 0 Å². The van der Waals surface area contributed by atoms with Crippen LogP contribution >= 0.6 is 0 Å². The van der Waals surface area contributed by atoms with E-state index in [-0.39, 0.29) is 23.9 Å². The lowest BCUT2D eigenvalue weighted by Gasteiger charge is -2.28. The molecule has 2 unspecified atom stereocenters. The molecule has 2 amide bonds. The summed E-state index contributed by atoms with van der Waals surface area (Å²) in [6.07, 6.45) is 2.57. The van der Waals surface area contributed by atoms with Gasteiger partial charge in [-0.3, -0.25) is 4.79 Å². The van der Waals surface area contributed by atoms with E-state index >= 15 is 0 Å². The van der Waals surface area contributed by atoms with Crippen LogP contribution in [0.25, 0.3) is 0 Å². The summed E-state index contributed by atoms with van der Waals surface area (Å²) in [5, 5.41) is 6.29. The number of nitrogens with one attached hydrogen (secondary N) is 2. The van der Waals surface area contributed by atoms with Crippen LogP contribution in [-0.4, -0.2) is 48.2 Å². The van der Waals surface area contributed by atoms with Gasteiger partial charge in [-0.1, -0.05) is 54.6 Å². The average Bonchev–Trinajstić information content (AvgIpc) is 3.39. The van der Waals surface area contributed by atoms with Gasteiger partial charge in [-0.05, 0) is 69.8 Å². The van der Waals surface area contributed by atoms with Crippen LogP contribution in [0, 0.1) is 0 Å². The Bertz CT molecular complexity index is 964. The second kappa shape index (κ2) is 9.96. The molecule has 1 aliphatic heterocycles. The van der Waals surface area contributed by atoms with Crippen molar-refractivity contribution in [2.75, 3.05) is 19.6 Å². The third-order valence-corrected chi connectivity index (χ3v) is 6.39. The number of likely N-dealkylation sites (tertiary alicyclic amines) is 1. The van der Waals surface area contributed by atoms with Crippen LogP contribution in [-0.2, 0) is 16.0 Å². The van der Waals surface area contributed by atoms with E-state index in [2.05, 4.69) is 21.6 Å². The number of nitrogens with zero attached hydrogens (tertiary/aromatic N) is 1. The SMILES string of the molecule is CC(C)(C)OC(=O)NC1c2ccccc2C[C@@H]1NC(=O)C(CN1CCCC1)c1ccccc1. The molecule has 3 atom stereocenters. The number of fused-ring (bicyclic) bond motifs is 1. The number of rotatable bonds is 6. The Balaban J connectivity index is 1.53. The molecule has 4 rings (SSSR count). The first-order valence-electron chi connectivity index (χ1n) is 11.9. The zero-order valence-corrected chi connectivity index (χ0v) is 19.8. The van der Waals surface area contributed by atoms with Crippen molar-refractivity contribution in [3.8, 4) is 0 Å². The minimum Gasteiger partial charge on any atom is -0.444 e. The Hall–Kier alpha value is -2.86. The predicted octanol–water partition coefficient (Wildman–Crippen LogP) is 4.17. The monoisotopic (exact) mass is 449 g/mol. The topological polar surface area (TPSA) is 70.7 Å². The highest BCUT2D eigenvalue weighted by molar-refractivity contribution is 5.84. The normalized spacial score (nSPS) is 21.3. The van der Waals surface area contributed by atoms with Crippen LogP contribution in [0.4, 0.5) is 4.79 Å². The number of carbonyl (C=O) groups is 2. The Morgan fingerprint density at radius 1 is 1.00 bits per heavy atom. The van der Waals surface area contributed by atoms with Gasteiger partial charge in [0.15, 0.2) is 0 Å². The first-order chi connectivity index (χ1) is 15.8. The van der Waals surface area contributed by atoms with Crippen molar-refractivity contribution in [1.82, 2.24) is 15.5 Å². The van der Waals surface area contributed by atoms with E-state index in [4.69, 9.17) is 4.74 Å². The summed E-state index contributed by atoms with van der Waals surface area (Å²) < 4.78 is 5.50. The third kappa shape index (κ3) is 5.93. The molecule has 1 saturated heterocycles. The minimum absolute atomic E-state index is 0.00175. The number of hydrogen-bond donors (Lipinski definition) is 2. The smallest absolute Gasteiger partial charge is 0.408 e. The summed E-state index contributed by atoms with van der Waals surface area (Å²) in [6.45, 7) is 8.31. The maximum atomic E-state index is 13.6. The van der Waals surface area contributed by atoms with Crippen molar-refractivity contribution in [2.45, 2.75) is 63.6 Å². The quantitative estimate of drug-likeness (QED) is 0.694. The molecule has 2 aromatic rings. The van der Waals surface area contributed by atoms with Gasteiger partial charge in [-0.15, -0.1) is 0 Å². The van der Waals surface area contributed by atoms with Crippen LogP contribution in [0.3, 0.4) is 0 Å². The summed E-state index contributed by atoms with van der Waals surface area (Å²) >= 11 is 0. The van der Waals surface area contributed by atoms with E-state index in [1.54, 1.807) is 0 Å². The van der Waals surface area contributed by atoms with E-state index in [0.717, 1.165) is 29.8 Å². The van der Waals surface area contributed by atoms with Crippen LogP contribution in [0.2, 0.25) is 0 Å². The fourth-order valence-electron chi connectivity index (χ4n) is 4.87. The maximum absolute atomic E-state index is 13.6. The van der Waals surface area contributed by atoms with Gasteiger partial charge >= 0.3 is 6.09 Å². The molecule has 0 saturated carbocycles. The molecule has 176 valence electrons. The predicted molar refractivity (Wildman–Crippen MR) is 129 cm³/mol. The lowest BCUT2D eigenvalue weighted by molar-refractivity contribution is -0.123. The lowest BCUT2D eigenvalue weighted by atomic mass is 9.96. The summed E-state index contributed by atoms with van der Waals surface area (Å²) in [5.74, 6) is -0.253. The number of carbonyl (C=O) groups excluding carboxylic acids is 2. The first kappa shape index (κ1) is 23.3. The Kier molecular flexibility index (Phi) is 7.03. The van der Waals surface area contributed by atoms with Crippen LogP contribution in [0.5, 0.6) is 0 Å². The molecular formula is C27H35N3O3. The largest absolute Gasteiger partial charge is 0.444 e. The highest BCUT2D eigenvalue weighted by atomic mass is 16.6.